The number of amides is 1. The van der Waals surface area contributed by atoms with E-state index in [0.717, 1.165) is 13.1 Å². The molecule has 6 nitrogen and oxygen atoms in total. The minimum atomic E-state index is -3.79. The van der Waals surface area contributed by atoms with Crippen molar-refractivity contribution in [1.82, 2.24) is 9.80 Å². The summed E-state index contributed by atoms with van der Waals surface area (Å²) in [7, 11) is -3.79. The molecule has 0 aromatic heterocycles. The van der Waals surface area contributed by atoms with Gasteiger partial charge in [0.1, 0.15) is 0 Å². The predicted molar refractivity (Wildman–Crippen MR) is 80.4 cm³/mol. The van der Waals surface area contributed by atoms with Crippen LogP contribution >= 0.6 is 0 Å². The third kappa shape index (κ3) is 3.81. The van der Waals surface area contributed by atoms with Crippen molar-refractivity contribution in [2.24, 2.45) is 5.14 Å². The number of benzene rings is 1. The molecule has 1 aromatic carbocycles. The van der Waals surface area contributed by atoms with Crippen LogP contribution in [0, 0.1) is 0 Å². The number of nitrogens with two attached hydrogens (primary N) is 1. The van der Waals surface area contributed by atoms with Crippen LogP contribution in [0.4, 0.5) is 0 Å². The largest absolute Gasteiger partial charge is 0.336 e. The lowest BCUT2D eigenvalue weighted by Gasteiger charge is -2.37. The van der Waals surface area contributed by atoms with Crippen LogP contribution in [-0.2, 0) is 10.0 Å². The van der Waals surface area contributed by atoms with Gasteiger partial charge in [0.15, 0.2) is 0 Å². The van der Waals surface area contributed by atoms with Gasteiger partial charge in [-0.25, -0.2) is 13.6 Å². The van der Waals surface area contributed by atoms with Crippen LogP contribution in [0.2, 0.25) is 0 Å². The quantitative estimate of drug-likeness (QED) is 0.881. The summed E-state index contributed by atoms with van der Waals surface area (Å²) >= 11 is 0. The first kappa shape index (κ1) is 15.9. The van der Waals surface area contributed by atoms with Gasteiger partial charge in [-0.2, -0.15) is 0 Å². The van der Waals surface area contributed by atoms with Crippen molar-refractivity contribution in [3.63, 3.8) is 0 Å². The molecule has 1 aromatic rings. The van der Waals surface area contributed by atoms with E-state index in [1.165, 1.54) is 18.2 Å². The first-order valence-electron chi connectivity index (χ1n) is 6.95. The van der Waals surface area contributed by atoms with E-state index >= 15 is 0 Å². The van der Waals surface area contributed by atoms with Crippen LogP contribution in [0.5, 0.6) is 0 Å². The minimum absolute atomic E-state index is 0.0332. The Morgan fingerprint density at radius 2 is 1.81 bits per heavy atom. The van der Waals surface area contributed by atoms with Crippen molar-refractivity contribution in [3.8, 4) is 0 Å². The number of carbonyl (C=O) groups is 1. The lowest BCUT2D eigenvalue weighted by molar-refractivity contribution is 0.0595. The zero-order valence-electron chi connectivity index (χ0n) is 12.3. The van der Waals surface area contributed by atoms with Crippen molar-refractivity contribution < 1.29 is 13.2 Å². The number of hydrogen-bond acceptors (Lipinski definition) is 4. The Labute approximate surface area is 125 Å². The smallest absolute Gasteiger partial charge is 0.253 e. The van der Waals surface area contributed by atoms with Gasteiger partial charge in [0.25, 0.3) is 5.91 Å². The Hall–Kier alpha value is -1.44. The molecule has 1 aliphatic rings. The summed E-state index contributed by atoms with van der Waals surface area (Å²) in [4.78, 5) is 16.5. The van der Waals surface area contributed by atoms with E-state index in [1.54, 1.807) is 11.0 Å². The second-order valence-electron chi connectivity index (χ2n) is 5.49. The fourth-order valence-electron chi connectivity index (χ4n) is 2.43. The average molecular weight is 311 g/mol. The Balaban J connectivity index is 2.11. The molecule has 0 atom stereocenters. The van der Waals surface area contributed by atoms with Gasteiger partial charge in [-0.05, 0) is 32.0 Å². The molecule has 2 N–H and O–H groups in total. The molecule has 2 rings (SSSR count). The number of carbonyl (C=O) groups excluding carboxylic acids is 1. The molecule has 1 saturated heterocycles. The standard InChI is InChI=1S/C14H21N3O3S/c1-11(2)16-6-8-17(9-7-16)14(18)12-4-3-5-13(10-12)21(15,19)20/h3-5,10-11H,6-9H2,1-2H3,(H2,15,19,20). The van der Waals surface area contributed by atoms with Crippen LogP contribution in [-0.4, -0.2) is 56.3 Å². The van der Waals surface area contributed by atoms with Gasteiger partial charge in [0.2, 0.25) is 10.0 Å². The summed E-state index contributed by atoms with van der Waals surface area (Å²) in [5, 5.41) is 5.10. The number of primary sulfonamides is 1. The highest BCUT2D eigenvalue weighted by Crippen LogP contribution is 2.14. The molecule has 21 heavy (non-hydrogen) atoms. The number of sulfonamides is 1. The van der Waals surface area contributed by atoms with Crippen LogP contribution in [0.1, 0.15) is 24.2 Å². The Kier molecular flexibility index (Phi) is 4.65. The first-order chi connectivity index (χ1) is 9.79. The number of rotatable bonds is 3. The van der Waals surface area contributed by atoms with E-state index < -0.39 is 10.0 Å². The summed E-state index contributed by atoms with van der Waals surface area (Å²) < 4.78 is 22.7. The highest BCUT2D eigenvalue weighted by molar-refractivity contribution is 7.89. The first-order valence-corrected chi connectivity index (χ1v) is 8.50. The number of nitrogens with zero attached hydrogens (tertiary/aromatic N) is 2. The molecular weight excluding hydrogens is 290 g/mol. The van der Waals surface area contributed by atoms with Crippen molar-refractivity contribution in [2.45, 2.75) is 24.8 Å². The zero-order valence-corrected chi connectivity index (χ0v) is 13.1. The molecule has 7 heteroatoms. The number of piperazine rings is 1. The molecule has 0 unspecified atom stereocenters. The predicted octanol–water partition coefficient (Wildman–Crippen LogP) is 0.500. The van der Waals surface area contributed by atoms with Gasteiger partial charge in [0.05, 0.1) is 4.90 Å². The molecule has 0 aliphatic carbocycles. The van der Waals surface area contributed by atoms with Gasteiger partial charge < -0.3 is 4.90 Å². The zero-order chi connectivity index (χ0) is 15.6. The van der Waals surface area contributed by atoms with Crippen LogP contribution in [0.15, 0.2) is 29.2 Å². The van der Waals surface area contributed by atoms with Crippen LogP contribution < -0.4 is 5.14 Å². The molecule has 0 radical (unpaired) electrons. The average Bonchev–Trinajstić information content (AvgIpc) is 2.46. The molecule has 0 saturated carbocycles. The lowest BCUT2D eigenvalue weighted by atomic mass is 10.1. The molecule has 0 bridgehead atoms. The summed E-state index contributed by atoms with van der Waals surface area (Å²) in [6.45, 7) is 7.23. The van der Waals surface area contributed by atoms with Crippen molar-refractivity contribution in [2.75, 3.05) is 26.2 Å². The van der Waals surface area contributed by atoms with E-state index in [9.17, 15) is 13.2 Å². The summed E-state index contributed by atoms with van der Waals surface area (Å²) in [5.41, 5.74) is 0.361. The molecule has 116 valence electrons. The monoisotopic (exact) mass is 311 g/mol. The third-order valence-corrected chi connectivity index (χ3v) is 4.65. The van der Waals surface area contributed by atoms with Crippen molar-refractivity contribution in [1.29, 1.82) is 0 Å². The normalized spacial score (nSPS) is 17.2. The maximum Gasteiger partial charge on any atom is 0.253 e. The van der Waals surface area contributed by atoms with Gasteiger partial charge >= 0.3 is 0 Å². The second kappa shape index (κ2) is 6.13. The molecule has 1 heterocycles. The van der Waals surface area contributed by atoms with E-state index in [0.29, 0.717) is 24.7 Å². The SMILES string of the molecule is CC(C)N1CCN(C(=O)c2cccc(S(N)(=O)=O)c2)CC1. The Bertz CT molecular complexity index is 620. The maximum atomic E-state index is 12.4. The van der Waals surface area contributed by atoms with Crippen LogP contribution in [0.25, 0.3) is 0 Å². The summed E-state index contributed by atoms with van der Waals surface area (Å²) in [6, 6.07) is 6.35. The highest BCUT2D eigenvalue weighted by atomic mass is 32.2. The fraction of sp³-hybridized carbons (Fsp3) is 0.500. The molecule has 1 amide bonds. The lowest BCUT2D eigenvalue weighted by Crippen LogP contribution is -2.50. The second-order valence-corrected chi connectivity index (χ2v) is 7.06. The molecule has 0 spiro atoms. The summed E-state index contributed by atoms with van der Waals surface area (Å²) in [6.07, 6.45) is 0. The topological polar surface area (TPSA) is 83.7 Å². The van der Waals surface area contributed by atoms with Crippen molar-refractivity contribution >= 4 is 15.9 Å². The number of hydrogen-bond donors (Lipinski definition) is 1. The summed E-state index contributed by atoms with van der Waals surface area (Å²) in [5.74, 6) is -0.149. The molecule has 1 fully saturated rings. The van der Waals surface area contributed by atoms with E-state index in [1.807, 2.05) is 0 Å². The molecule has 1 aliphatic heterocycles. The van der Waals surface area contributed by atoms with Gasteiger partial charge in [-0.3, -0.25) is 9.69 Å². The highest BCUT2D eigenvalue weighted by Gasteiger charge is 2.23. The van der Waals surface area contributed by atoms with Gasteiger partial charge in [0, 0.05) is 37.8 Å². The Morgan fingerprint density at radius 1 is 1.19 bits per heavy atom. The minimum Gasteiger partial charge on any atom is -0.336 e. The van der Waals surface area contributed by atoms with Crippen molar-refractivity contribution in [3.05, 3.63) is 29.8 Å². The van der Waals surface area contributed by atoms with E-state index in [2.05, 4.69) is 18.7 Å². The third-order valence-electron chi connectivity index (χ3n) is 3.74. The van der Waals surface area contributed by atoms with Gasteiger partial charge in [-0.1, -0.05) is 6.07 Å². The van der Waals surface area contributed by atoms with E-state index in [-0.39, 0.29) is 10.8 Å². The van der Waals surface area contributed by atoms with Crippen LogP contribution in [0.3, 0.4) is 0 Å². The molecular formula is C14H21N3O3S. The Morgan fingerprint density at radius 3 is 2.33 bits per heavy atom. The maximum absolute atomic E-state index is 12.4. The van der Waals surface area contributed by atoms with E-state index in [4.69, 9.17) is 5.14 Å². The fourth-order valence-corrected chi connectivity index (χ4v) is 2.99. The van der Waals surface area contributed by atoms with Gasteiger partial charge in [-0.15, -0.1) is 0 Å².